The highest BCUT2D eigenvalue weighted by molar-refractivity contribution is 5.97. The molecule has 1 heterocycles. The summed E-state index contributed by atoms with van der Waals surface area (Å²) in [5.74, 6) is 1.26. The number of rotatable bonds is 8. The fourth-order valence-corrected chi connectivity index (χ4v) is 2.91. The molecule has 3 heteroatoms. The molecule has 0 atom stereocenters. The van der Waals surface area contributed by atoms with Crippen LogP contribution in [-0.4, -0.2) is 36.9 Å². The van der Waals surface area contributed by atoms with Gasteiger partial charge in [0.25, 0.3) is 0 Å². The fourth-order valence-electron chi connectivity index (χ4n) is 2.91. The van der Waals surface area contributed by atoms with Gasteiger partial charge in [0.15, 0.2) is 5.78 Å². The molecule has 0 spiro atoms. The molecule has 1 aliphatic heterocycles. The molecule has 2 rings (SSSR count). The van der Waals surface area contributed by atoms with E-state index in [-0.39, 0.29) is 11.7 Å². The average Bonchev–Trinajstić information content (AvgIpc) is 3.02. The summed E-state index contributed by atoms with van der Waals surface area (Å²) in [5.41, 5.74) is 0.801. The second-order valence-electron chi connectivity index (χ2n) is 5.80. The SMILES string of the molecule is CCC(CC)C(=O)c1ccc(OCCN2CCCC2)cc1. The van der Waals surface area contributed by atoms with Crippen LogP contribution in [0.5, 0.6) is 5.75 Å². The first-order valence-corrected chi connectivity index (χ1v) is 8.24. The van der Waals surface area contributed by atoms with E-state index in [0.717, 1.165) is 37.3 Å². The van der Waals surface area contributed by atoms with Crippen molar-refractivity contribution in [2.75, 3.05) is 26.2 Å². The highest BCUT2D eigenvalue weighted by Crippen LogP contribution is 2.19. The minimum absolute atomic E-state index is 0.145. The molecule has 1 aromatic carbocycles. The van der Waals surface area contributed by atoms with E-state index in [4.69, 9.17) is 4.74 Å². The number of ketones is 1. The zero-order chi connectivity index (χ0) is 15.1. The number of nitrogens with zero attached hydrogens (tertiary/aromatic N) is 1. The van der Waals surface area contributed by atoms with Gasteiger partial charge in [-0.3, -0.25) is 9.69 Å². The summed E-state index contributed by atoms with van der Waals surface area (Å²) in [6, 6.07) is 7.62. The molecular formula is C18H27NO2. The van der Waals surface area contributed by atoms with Crippen LogP contribution in [0.15, 0.2) is 24.3 Å². The number of Topliss-reactive ketones (excluding diaryl/α,β-unsaturated/α-hetero) is 1. The van der Waals surface area contributed by atoms with Crippen LogP contribution in [0, 0.1) is 5.92 Å². The summed E-state index contributed by atoms with van der Waals surface area (Å²) >= 11 is 0. The van der Waals surface area contributed by atoms with Gasteiger partial charge in [-0.1, -0.05) is 13.8 Å². The predicted octanol–water partition coefficient (Wildman–Crippen LogP) is 3.78. The van der Waals surface area contributed by atoms with Crippen LogP contribution >= 0.6 is 0 Å². The van der Waals surface area contributed by atoms with E-state index in [1.165, 1.54) is 25.9 Å². The Hall–Kier alpha value is -1.35. The molecule has 116 valence electrons. The van der Waals surface area contributed by atoms with Gasteiger partial charge in [-0.15, -0.1) is 0 Å². The molecule has 0 amide bonds. The van der Waals surface area contributed by atoms with E-state index < -0.39 is 0 Å². The van der Waals surface area contributed by atoms with Crippen molar-refractivity contribution < 1.29 is 9.53 Å². The van der Waals surface area contributed by atoms with E-state index in [9.17, 15) is 4.79 Å². The van der Waals surface area contributed by atoms with Gasteiger partial charge in [0.2, 0.25) is 0 Å². The van der Waals surface area contributed by atoms with Crippen LogP contribution in [0.1, 0.15) is 49.9 Å². The Bertz CT molecular complexity index is 431. The predicted molar refractivity (Wildman–Crippen MR) is 86.0 cm³/mol. The summed E-state index contributed by atoms with van der Waals surface area (Å²) in [7, 11) is 0. The molecule has 21 heavy (non-hydrogen) atoms. The fraction of sp³-hybridized carbons (Fsp3) is 0.611. The summed E-state index contributed by atoms with van der Waals surface area (Å²) in [6.45, 7) is 8.26. The number of carbonyl (C=O) groups excluding carboxylic acids is 1. The maximum absolute atomic E-state index is 12.3. The Morgan fingerprint density at radius 1 is 1.14 bits per heavy atom. The number of benzene rings is 1. The Morgan fingerprint density at radius 3 is 2.33 bits per heavy atom. The topological polar surface area (TPSA) is 29.5 Å². The maximum atomic E-state index is 12.3. The van der Waals surface area contributed by atoms with Crippen LogP contribution in [-0.2, 0) is 0 Å². The Kier molecular flexibility index (Phi) is 6.24. The summed E-state index contributed by atoms with van der Waals surface area (Å²) in [5, 5.41) is 0. The molecule has 0 aromatic heterocycles. The van der Waals surface area contributed by atoms with Gasteiger partial charge >= 0.3 is 0 Å². The largest absolute Gasteiger partial charge is 0.492 e. The third kappa shape index (κ3) is 4.57. The highest BCUT2D eigenvalue weighted by atomic mass is 16.5. The van der Waals surface area contributed by atoms with Crippen molar-refractivity contribution in [2.24, 2.45) is 5.92 Å². The lowest BCUT2D eigenvalue weighted by Gasteiger charge is -2.15. The van der Waals surface area contributed by atoms with Crippen molar-refractivity contribution in [2.45, 2.75) is 39.5 Å². The highest BCUT2D eigenvalue weighted by Gasteiger charge is 2.16. The van der Waals surface area contributed by atoms with E-state index in [1.54, 1.807) is 0 Å². The molecule has 0 N–H and O–H groups in total. The van der Waals surface area contributed by atoms with Crippen molar-refractivity contribution in [1.29, 1.82) is 0 Å². The van der Waals surface area contributed by atoms with Crippen molar-refractivity contribution in [3.05, 3.63) is 29.8 Å². The molecule has 3 nitrogen and oxygen atoms in total. The quantitative estimate of drug-likeness (QED) is 0.682. The molecule has 1 aliphatic rings. The first-order valence-electron chi connectivity index (χ1n) is 8.24. The van der Waals surface area contributed by atoms with Gasteiger partial charge < -0.3 is 4.74 Å². The van der Waals surface area contributed by atoms with Crippen molar-refractivity contribution in [1.82, 2.24) is 4.90 Å². The van der Waals surface area contributed by atoms with E-state index in [0.29, 0.717) is 0 Å². The number of hydrogen-bond acceptors (Lipinski definition) is 3. The van der Waals surface area contributed by atoms with Gasteiger partial charge in [0, 0.05) is 18.0 Å². The van der Waals surface area contributed by atoms with Crippen molar-refractivity contribution >= 4 is 5.78 Å². The molecule has 1 fully saturated rings. The summed E-state index contributed by atoms with van der Waals surface area (Å²) in [4.78, 5) is 14.7. The van der Waals surface area contributed by atoms with Crippen LogP contribution in [0.3, 0.4) is 0 Å². The Balaban J connectivity index is 1.82. The third-order valence-corrected chi connectivity index (χ3v) is 4.37. The molecule has 0 bridgehead atoms. The number of carbonyl (C=O) groups is 1. The number of likely N-dealkylation sites (tertiary alicyclic amines) is 1. The molecule has 1 aromatic rings. The molecular weight excluding hydrogens is 262 g/mol. The van der Waals surface area contributed by atoms with Crippen LogP contribution < -0.4 is 4.74 Å². The standard InChI is InChI=1S/C18H27NO2/c1-3-15(4-2)18(20)16-7-9-17(10-8-16)21-14-13-19-11-5-6-12-19/h7-10,15H,3-6,11-14H2,1-2H3. The Labute approximate surface area is 128 Å². The van der Waals surface area contributed by atoms with Gasteiger partial charge in [0.1, 0.15) is 12.4 Å². The second kappa shape index (κ2) is 8.18. The van der Waals surface area contributed by atoms with Gasteiger partial charge in [-0.2, -0.15) is 0 Å². The zero-order valence-electron chi connectivity index (χ0n) is 13.3. The number of ether oxygens (including phenoxy) is 1. The minimum Gasteiger partial charge on any atom is -0.492 e. The van der Waals surface area contributed by atoms with E-state index in [2.05, 4.69) is 18.7 Å². The van der Waals surface area contributed by atoms with Gasteiger partial charge in [-0.25, -0.2) is 0 Å². The normalized spacial score (nSPS) is 15.6. The molecule has 0 saturated carbocycles. The number of hydrogen-bond donors (Lipinski definition) is 0. The Morgan fingerprint density at radius 2 is 1.76 bits per heavy atom. The van der Waals surface area contributed by atoms with E-state index in [1.807, 2.05) is 24.3 Å². The summed E-state index contributed by atoms with van der Waals surface area (Å²) in [6.07, 6.45) is 4.44. The van der Waals surface area contributed by atoms with Gasteiger partial charge in [-0.05, 0) is 63.0 Å². The molecule has 0 radical (unpaired) electrons. The molecule has 1 saturated heterocycles. The monoisotopic (exact) mass is 289 g/mol. The minimum atomic E-state index is 0.145. The van der Waals surface area contributed by atoms with Crippen LogP contribution in [0.2, 0.25) is 0 Å². The zero-order valence-corrected chi connectivity index (χ0v) is 13.3. The first kappa shape index (κ1) is 16.0. The molecule has 0 unspecified atom stereocenters. The van der Waals surface area contributed by atoms with Gasteiger partial charge in [0.05, 0.1) is 0 Å². The average molecular weight is 289 g/mol. The second-order valence-corrected chi connectivity index (χ2v) is 5.80. The third-order valence-electron chi connectivity index (χ3n) is 4.37. The van der Waals surface area contributed by atoms with Crippen molar-refractivity contribution in [3.8, 4) is 5.75 Å². The maximum Gasteiger partial charge on any atom is 0.165 e. The molecule has 0 aliphatic carbocycles. The lowest BCUT2D eigenvalue weighted by molar-refractivity contribution is 0.0913. The van der Waals surface area contributed by atoms with E-state index >= 15 is 0 Å². The smallest absolute Gasteiger partial charge is 0.165 e. The van der Waals surface area contributed by atoms with Crippen LogP contribution in [0.25, 0.3) is 0 Å². The first-order chi connectivity index (χ1) is 10.2. The van der Waals surface area contributed by atoms with Crippen molar-refractivity contribution in [3.63, 3.8) is 0 Å². The lowest BCUT2D eigenvalue weighted by atomic mass is 9.93. The summed E-state index contributed by atoms with van der Waals surface area (Å²) < 4.78 is 5.76. The van der Waals surface area contributed by atoms with Crippen LogP contribution in [0.4, 0.5) is 0 Å². The lowest BCUT2D eigenvalue weighted by Crippen LogP contribution is -2.25.